The molecule has 0 spiro atoms. The third kappa shape index (κ3) is 4.33. The number of anilines is 2. The normalized spacial score (nSPS) is 10.2. The zero-order valence-corrected chi connectivity index (χ0v) is 14.1. The van der Waals surface area contributed by atoms with Crippen molar-refractivity contribution >= 4 is 28.7 Å². The van der Waals surface area contributed by atoms with Crippen LogP contribution in [0, 0.1) is 0 Å². The molecule has 0 saturated heterocycles. The summed E-state index contributed by atoms with van der Waals surface area (Å²) in [5, 5.41) is 11.1. The third-order valence-corrected chi connectivity index (χ3v) is 3.63. The molecule has 24 heavy (non-hydrogen) atoms. The molecule has 0 unspecified atom stereocenters. The molecule has 1 heterocycles. The van der Waals surface area contributed by atoms with Crippen LogP contribution >= 0.6 is 12.2 Å². The summed E-state index contributed by atoms with van der Waals surface area (Å²) in [6.07, 6.45) is 3.68. The molecule has 0 radical (unpaired) electrons. The summed E-state index contributed by atoms with van der Waals surface area (Å²) in [5.74, 6) is 0.807. The largest absolute Gasteiger partial charge is 0.497 e. The van der Waals surface area contributed by atoms with Crippen LogP contribution in [0.3, 0.4) is 0 Å². The molecular weight excluding hydrogens is 320 g/mol. The fourth-order valence-electron chi connectivity index (χ4n) is 2.25. The Morgan fingerprint density at radius 1 is 1.04 bits per heavy atom. The van der Waals surface area contributed by atoms with Gasteiger partial charge in [0.2, 0.25) is 0 Å². The Kier molecular flexibility index (Phi) is 5.08. The highest BCUT2D eigenvalue weighted by Crippen LogP contribution is 2.15. The Balaban J connectivity index is 1.56. The minimum absolute atomic E-state index is 0.513. The summed E-state index contributed by atoms with van der Waals surface area (Å²) in [4.78, 5) is 0. The van der Waals surface area contributed by atoms with E-state index in [1.54, 1.807) is 13.3 Å². The van der Waals surface area contributed by atoms with E-state index in [2.05, 4.69) is 27.9 Å². The fraction of sp³-hybridized carbons (Fsp3) is 0.111. The number of nitrogens with one attached hydrogen (secondary N) is 2. The Labute approximate surface area is 146 Å². The van der Waals surface area contributed by atoms with Crippen molar-refractivity contribution in [3.8, 4) is 5.75 Å². The maximum atomic E-state index is 5.33. The molecule has 3 rings (SSSR count). The number of aromatic nitrogens is 2. The predicted octanol–water partition coefficient (Wildman–Crippen LogP) is 3.75. The summed E-state index contributed by atoms with van der Waals surface area (Å²) in [7, 11) is 1.64. The number of benzene rings is 2. The van der Waals surface area contributed by atoms with E-state index in [1.807, 2.05) is 53.3 Å². The van der Waals surface area contributed by atoms with Crippen molar-refractivity contribution < 1.29 is 4.74 Å². The molecule has 2 N–H and O–H groups in total. The molecule has 0 amide bonds. The maximum Gasteiger partial charge on any atom is 0.175 e. The van der Waals surface area contributed by atoms with Crippen LogP contribution in [0.1, 0.15) is 5.56 Å². The van der Waals surface area contributed by atoms with Gasteiger partial charge in [-0.2, -0.15) is 5.10 Å². The highest BCUT2D eigenvalue weighted by Gasteiger charge is 2.03. The second kappa shape index (κ2) is 7.61. The van der Waals surface area contributed by atoms with Crippen molar-refractivity contribution in [2.45, 2.75) is 6.54 Å². The van der Waals surface area contributed by atoms with E-state index in [-0.39, 0.29) is 0 Å². The van der Waals surface area contributed by atoms with Crippen LogP contribution in [0.2, 0.25) is 0 Å². The number of thiocarbonyl (C=S) groups is 1. The zero-order chi connectivity index (χ0) is 16.8. The Bertz CT molecular complexity index is 799. The second-order valence-corrected chi connectivity index (χ2v) is 5.63. The third-order valence-electron chi connectivity index (χ3n) is 3.43. The summed E-state index contributed by atoms with van der Waals surface area (Å²) in [6.45, 7) is 0.723. The molecule has 0 bridgehead atoms. The van der Waals surface area contributed by atoms with Crippen LogP contribution in [0.25, 0.3) is 0 Å². The quantitative estimate of drug-likeness (QED) is 0.694. The topological polar surface area (TPSA) is 51.1 Å². The summed E-state index contributed by atoms with van der Waals surface area (Å²) in [5.41, 5.74) is 2.94. The van der Waals surface area contributed by atoms with Crippen LogP contribution < -0.4 is 15.4 Å². The van der Waals surface area contributed by atoms with Crippen LogP contribution in [0.5, 0.6) is 5.75 Å². The lowest BCUT2D eigenvalue weighted by atomic mass is 10.2. The highest BCUT2D eigenvalue weighted by molar-refractivity contribution is 7.80. The van der Waals surface area contributed by atoms with E-state index in [0.717, 1.165) is 23.7 Å². The summed E-state index contributed by atoms with van der Waals surface area (Å²) in [6, 6.07) is 17.8. The number of hydrogen-bond donors (Lipinski definition) is 2. The van der Waals surface area contributed by atoms with Gasteiger partial charge in [-0.05, 0) is 42.0 Å². The average molecular weight is 338 g/mol. The molecule has 6 heteroatoms. The smallest absolute Gasteiger partial charge is 0.175 e. The van der Waals surface area contributed by atoms with Gasteiger partial charge in [-0.15, -0.1) is 0 Å². The minimum atomic E-state index is 0.513. The van der Waals surface area contributed by atoms with E-state index in [9.17, 15) is 0 Å². The number of methoxy groups -OCH3 is 1. The van der Waals surface area contributed by atoms with Gasteiger partial charge in [0.05, 0.1) is 25.5 Å². The second-order valence-electron chi connectivity index (χ2n) is 5.22. The van der Waals surface area contributed by atoms with Crippen molar-refractivity contribution in [3.05, 3.63) is 72.6 Å². The van der Waals surface area contributed by atoms with Gasteiger partial charge in [0, 0.05) is 11.9 Å². The van der Waals surface area contributed by atoms with E-state index in [4.69, 9.17) is 17.0 Å². The first kappa shape index (κ1) is 16.0. The number of ether oxygens (including phenoxy) is 1. The maximum absolute atomic E-state index is 5.33. The lowest BCUT2D eigenvalue weighted by Crippen LogP contribution is -2.18. The van der Waals surface area contributed by atoms with Gasteiger partial charge >= 0.3 is 0 Å². The van der Waals surface area contributed by atoms with Gasteiger partial charge in [0.25, 0.3) is 0 Å². The van der Waals surface area contributed by atoms with Crippen molar-refractivity contribution in [2.75, 3.05) is 17.7 Å². The summed E-state index contributed by atoms with van der Waals surface area (Å²) < 4.78 is 7.00. The Morgan fingerprint density at radius 2 is 1.75 bits per heavy atom. The van der Waals surface area contributed by atoms with Crippen LogP contribution in [-0.2, 0) is 6.54 Å². The first-order valence-electron chi connectivity index (χ1n) is 7.51. The van der Waals surface area contributed by atoms with Crippen molar-refractivity contribution in [1.29, 1.82) is 0 Å². The van der Waals surface area contributed by atoms with E-state index < -0.39 is 0 Å². The molecule has 2 aromatic carbocycles. The van der Waals surface area contributed by atoms with Crippen molar-refractivity contribution in [3.63, 3.8) is 0 Å². The summed E-state index contributed by atoms with van der Waals surface area (Å²) >= 11 is 5.33. The monoisotopic (exact) mass is 338 g/mol. The van der Waals surface area contributed by atoms with Gasteiger partial charge in [0.15, 0.2) is 5.11 Å². The molecule has 122 valence electrons. The van der Waals surface area contributed by atoms with Crippen LogP contribution in [-0.4, -0.2) is 22.0 Å². The molecule has 1 aromatic heterocycles. The molecule has 0 atom stereocenters. The number of nitrogens with zero attached hydrogens (tertiary/aromatic N) is 2. The molecule has 0 aliphatic rings. The predicted molar refractivity (Wildman–Crippen MR) is 101 cm³/mol. The number of hydrogen-bond acceptors (Lipinski definition) is 3. The first-order valence-corrected chi connectivity index (χ1v) is 7.92. The molecular formula is C18H18N4OS. The number of rotatable bonds is 5. The fourth-order valence-corrected chi connectivity index (χ4v) is 2.49. The molecule has 0 fully saturated rings. The van der Waals surface area contributed by atoms with Gasteiger partial charge in [0.1, 0.15) is 5.75 Å². The molecule has 3 aromatic rings. The molecule has 0 aliphatic heterocycles. The van der Waals surface area contributed by atoms with E-state index in [0.29, 0.717) is 5.11 Å². The standard InChI is InChI=1S/C18H18N4OS/c1-23-17-9-7-15(8-10-17)20-18(24)21-16-11-19-22(13-16)12-14-5-3-2-4-6-14/h2-11,13H,12H2,1H3,(H2,20,21,24). The highest BCUT2D eigenvalue weighted by atomic mass is 32.1. The Morgan fingerprint density at radius 3 is 2.46 bits per heavy atom. The average Bonchev–Trinajstić information content (AvgIpc) is 3.03. The SMILES string of the molecule is COc1ccc(NC(=S)Nc2cnn(Cc3ccccc3)c2)cc1. The van der Waals surface area contributed by atoms with Crippen molar-refractivity contribution in [2.24, 2.45) is 0 Å². The first-order chi connectivity index (χ1) is 11.7. The molecule has 5 nitrogen and oxygen atoms in total. The van der Waals surface area contributed by atoms with Gasteiger partial charge in [-0.1, -0.05) is 30.3 Å². The van der Waals surface area contributed by atoms with Crippen LogP contribution in [0.4, 0.5) is 11.4 Å². The van der Waals surface area contributed by atoms with Gasteiger partial charge < -0.3 is 15.4 Å². The minimum Gasteiger partial charge on any atom is -0.497 e. The van der Waals surface area contributed by atoms with Crippen LogP contribution in [0.15, 0.2) is 67.0 Å². The van der Waals surface area contributed by atoms with Crippen molar-refractivity contribution in [1.82, 2.24) is 9.78 Å². The van der Waals surface area contributed by atoms with E-state index in [1.165, 1.54) is 5.56 Å². The zero-order valence-electron chi connectivity index (χ0n) is 13.3. The van der Waals surface area contributed by atoms with E-state index >= 15 is 0 Å². The lowest BCUT2D eigenvalue weighted by Gasteiger charge is -2.09. The Hall–Kier alpha value is -2.86. The van der Waals surface area contributed by atoms with Gasteiger partial charge in [-0.25, -0.2) is 0 Å². The molecule has 0 aliphatic carbocycles. The lowest BCUT2D eigenvalue weighted by molar-refractivity contribution is 0.415. The molecule has 0 saturated carbocycles. The van der Waals surface area contributed by atoms with Gasteiger partial charge in [-0.3, -0.25) is 4.68 Å².